The quantitative estimate of drug-likeness (QED) is 0.438. The average molecular weight is 412 g/mol. The number of ketones is 1. The first-order valence-electron chi connectivity index (χ1n) is 9.97. The van der Waals surface area contributed by atoms with Crippen molar-refractivity contribution in [1.29, 1.82) is 0 Å². The number of amides is 2. The zero-order chi connectivity index (χ0) is 22.2. The van der Waals surface area contributed by atoms with Crippen LogP contribution in [0.25, 0.3) is 12.2 Å². The highest BCUT2D eigenvalue weighted by molar-refractivity contribution is 6.38. The number of carbonyl (C=O) groups is 3. The van der Waals surface area contributed by atoms with Crippen molar-refractivity contribution in [3.05, 3.63) is 107 Å². The van der Waals surface area contributed by atoms with Gasteiger partial charge in [0.25, 0.3) is 11.8 Å². The van der Waals surface area contributed by atoms with Crippen LogP contribution in [0.2, 0.25) is 0 Å². The van der Waals surface area contributed by atoms with Crippen LogP contribution in [-0.2, 0) is 16.0 Å². The summed E-state index contributed by atoms with van der Waals surface area (Å²) in [6.07, 6.45) is 3.98. The number of nitrogens with one attached hydrogen (secondary N) is 1. The van der Waals surface area contributed by atoms with Crippen molar-refractivity contribution in [2.24, 2.45) is 5.73 Å². The van der Waals surface area contributed by atoms with Crippen molar-refractivity contribution < 1.29 is 14.4 Å². The smallest absolute Gasteiger partial charge is 0.287 e. The lowest BCUT2D eigenvalue weighted by atomic mass is 10.00. The number of primary amides is 1. The molecule has 0 spiro atoms. The lowest BCUT2D eigenvalue weighted by molar-refractivity contribution is -0.137. The molecule has 31 heavy (non-hydrogen) atoms. The molecular weight excluding hydrogens is 388 g/mol. The molecule has 2 amide bonds. The minimum atomic E-state index is -1.08. The minimum Gasteiger partial charge on any atom is -0.363 e. The number of rotatable bonds is 8. The highest BCUT2D eigenvalue weighted by Gasteiger charge is 2.26. The Morgan fingerprint density at radius 2 is 1.42 bits per heavy atom. The molecule has 0 radical (unpaired) electrons. The molecule has 1 atom stereocenters. The Bertz CT molecular complexity index is 1120. The van der Waals surface area contributed by atoms with Gasteiger partial charge in [-0.15, -0.1) is 0 Å². The third-order valence-electron chi connectivity index (χ3n) is 4.98. The predicted octanol–water partition coefficient (Wildman–Crippen LogP) is 3.56. The second-order valence-corrected chi connectivity index (χ2v) is 7.22. The molecule has 5 heteroatoms. The number of nitrogens with two attached hydrogens (primary N) is 1. The second-order valence-electron chi connectivity index (χ2n) is 7.22. The maximum absolute atomic E-state index is 13.0. The van der Waals surface area contributed by atoms with Gasteiger partial charge in [-0.05, 0) is 35.2 Å². The largest absolute Gasteiger partial charge is 0.363 e. The lowest BCUT2D eigenvalue weighted by Gasteiger charge is -2.17. The molecule has 0 heterocycles. The van der Waals surface area contributed by atoms with Crippen LogP contribution in [-0.4, -0.2) is 23.6 Å². The Labute approximate surface area is 181 Å². The molecule has 0 saturated carbocycles. The summed E-state index contributed by atoms with van der Waals surface area (Å²) in [5.74, 6) is -2.35. The Kier molecular flexibility index (Phi) is 7.12. The van der Waals surface area contributed by atoms with E-state index >= 15 is 0 Å². The molecule has 156 valence electrons. The van der Waals surface area contributed by atoms with E-state index in [2.05, 4.69) is 5.32 Å². The van der Waals surface area contributed by atoms with Gasteiger partial charge in [0.15, 0.2) is 0 Å². The Morgan fingerprint density at radius 1 is 0.839 bits per heavy atom. The number of Topliss-reactive ketones (excluding diaryl/α,β-unsaturated/α-hetero) is 1. The van der Waals surface area contributed by atoms with Crippen molar-refractivity contribution in [2.45, 2.75) is 19.4 Å². The van der Waals surface area contributed by atoms with E-state index in [1.54, 1.807) is 12.1 Å². The predicted molar refractivity (Wildman–Crippen MR) is 122 cm³/mol. The van der Waals surface area contributed by atoms with E-state index in [9.17, 15) is 14.4 Å². The molecule has 0 aliphatic rings. The van der Waals surface area contributed by atoms with Crippen LogP contribution in [0.4, 0.5) is 0 Å². The summed E-state index contributed by atoms with van der Waals surface area (Å²) >= 11 is 0. The number of hydrogen-bond acceptors (Lipinski definition) is 3. The highest BCUT2D eigenvalue weighted by atomic mass is 16.2. The molecule has 0 aromatic heterocycles. The van der Waals surface area contributed by atoms with Gasteiger partial charge in [0.1, 0.15) is 6.04 Å². The van der Waals surface area contributed by atoms with Crippen molar-refractivity contribution in [3.8, 4) is 0 Å². The fourth-order valence-electron chi connectivity index (χ4n) is 3.27. The summed E-state index contributed by atoms with van der Waals surface area (Å²) in [4.78, 5) is 36.9. The summed E-state index contributed by atoms with van der Waals surface area (Å²) in [5, 5.41) is 2.69. The van der Waals surface area contributed by atoms with Gasteiger partial charge in [-0.3, -0.25) is 14.4 Å². The maximum atomic E-state index is 13.0. The molecular formula is C26H24N2O3. The number of aryl methyl sites for hydroxylation is 1. The number of carbonyl (C=O) groups excluding carboxylic acids is 3. The Morgan fingerprint density at radius 3 is 2.10 bits per heavy atom. The van der Waals surface area contributed by atoms with Gasteiger partial charge in [-0.2, -0.15) is 0 Å². The normalized spacial score (nSPS) is 11.8. The molecule has 5 nitrogen and oxygen atoms in total. The van der Waals surface area contributed by atoms with Gasteiger partial charge in [0.2, 0.25) is 5.78 Å². The van der Waals surface area contributed by atoms with Crippen LogP contribution in [0, 0.1) is 6.92 Å². The monoisotopic (exact) mass is 412 g/mol. The van der Waals surface area contributed by atoms with E-state index in [0.717, 1.165) is 16.7 Å². The Hall–Kier alpha value is -3.99. The average Bonchev–Trinajstić information content (AvgIpc) is 2.78. The number of hydrogen-bond donors (Lipinski definition) is 2. The van der Waals surface area contributed by atoms with Crippen molar-refractivity contribution in [1.82, 2.24) is 5.32 Å². The van der Waals surface area contributed by atoms with Crippen LogP contribution < -0.4 is 11.1 Å². The van der Waals surface area contributed by atoms with Crippen LogP contribution in [0.1, 0.15) is 32.6 Å². The molecule has 3 aromatic carbocycles. The zero-order valence-corrected chi connectivity index (χ0v) is 17.2. The molecule has 1 unspecified atom stereocenters. The SMILES string of the molecule is Cc1ccccc1C=Cc1ccccc1C(=O)NC(Cc1ccccc1)C(=O)C(N)=O. The second kappa shape index (κ2) is 10.2. The summed E-state index contributed by atoms with van der Waals surface area (Å²) < 4.78 is 0. The number of benzene rings is 3. The third kappa shape index (κ3) is 5.76. The van der Waals surface area contributed by atoms with Crippen LogP contribution in [0.15, 0.2) is 78.9 Å². The molecule has 0 aliphatic carbocycles. The fraction of sp³-hybridized carbons (Fsp3) is 0.115. The molecule has 3 N–H and O–H groups in total. The van der Waals surface area contributed by atoms with E-state index in [1.165, 1.54) is 0 Å². The molecule has 3 rings (SSSR count). The fourth-order valence-corrected chi connectivity index (χ4v) is 3.27. The molecule has 0 bridgehead atoms. The van der Waals surface area contributed by atoms with Crippen molar-refractivity contribution >= 4 is 29.7 Å². The third-order valence-corrected chi connectivity index (χ3v) is 4.98. The van der Waals surface area contributed by atoms with Gasteiger partial charge in [-0.25, -0.2) is 0 Å². The van der Waals surface area contributed by atoms with E-state index in [4.69, 9.17) is 5.73 Å². The van der Waals surface area contributed by atoms with E-state index in [0.29, 0.717) is 11.1 Å². The molecule has 0 fully saturated rings. The van der Waals surface area contributed by atoms with Crippen molar-refractivity contribution in [2.75, 3.05) is 0 Å². The van der Waals surface area contributed by atoms with Crippen LogP contribution in [0.3, 0.4) is 0 Å². The summed E-state index contributed by atoms with van der Waals surface area (Å²) in [6.45, 7) is 2.02. The Balaban J connectivity index is 1.84. The zero-order valence-electron chi connectivity index (χ0n) is 17.2. The minimum absolute atomic E-state index is 0.176. The van der Waals surface area contributed by atoms with E-state index in [1.807, 2.05) is 85.8 Å². The first-order valence-corrected chi connectivity index (χ1v) is 9.97. The summed E-state index contributed by atoms with van der Waals surface area (Å²) in [7, 11) is 0. The van der Waals surface area contributed by atoms with Crippen molar-refractivity contribution in [3.63, 3.8) is 0 Å². The first kappa shape index (κ1) is 21.7. The van der Waals surface area contributed by atoms with Gasteiger partial charge in [0, 0.05) is 12.0 Å². The van der Waals surface area contributed by atoms with Gasteiger partial charge in [-0.1, -0.05) is 84.9 Å². The first-order chi connectivity index (χ1) is 15.0. The summed E-state index contributed by atoms with van der Waals surface area (Å²) in [5.41, 5.74) is 9.30. The van der Waals surface area contributed by atoms with E-state index < -0.39 is 23.6 Å². The van der Waals surface area contributed by atoms with Crippen LogP contribution >= 0.6 is 0 Å². The van der Waals surface area contributed by atoms with Gasteiger partial charge in [0.05, 0.1) is 0 Å². The topological polar surface area (TPSA) is 89.3 Å². The standard InChI is InChI=1S/C26H24N2O3/c1-18-9-5-6-12-20(18)15-16-21-13-7-8-14-22(21)26(31)28-23(24(29)25(27)30)17-19-10-3-2-4-11-19/h2-16,23H,17H2,1H3,(H2,27,30)(H,28,31). The molecule has 0 saturated heterocycles. The summed E-state index contributed by atoms with van der Waals surface area (Å²) in [6, 6.07) is 23.1. The van der Waals surface area contributed by atoms with Gasteiger partial charge < -0.3 is 11.1 Å². The lowest BCUT2D eigenvalue weighted by Crippen LogP contribution is -2.47. The highest BCUT2D eigenvalue weighted by Crippen LogP contribution is 2.16. The maximum Gasteiger partial charge on any atom is 0.287 e. The molecule has 3 aromatic rings. The molecule has 0 aliphatic heterocycles. The van der Waals surface area contributed by atoms with E-state index in [-0.39, 0.29) is 6.42 Å². The van der Waals surface area contributed by atoms with Crippen LogP contribution in [0.5, 0.6) is 0 Å². The van der Waals surface area contributed by atoms with Gasteiger partial charge >= 0.3 is 0 Å².